The molecule has 3 rings (SSSR count). The number of fused-ring (bicyclic) bond motifs is 3. The van der Waals surface area contributed by atoms with Gasteiger partial charge in [-0.2, -0.15) is 10.5 Å². The van der Waals surface area contributed by atoms with Crippen molar-refractivity contribution in [1.82, 2.24) is 0 Å². The molecule has 0 heterocycles. The first-order valence-electron chi connectivity index (χ1n) is 7.49. The van der Waals surface area contributed by atoms with E-state index in [1.807, 2.05) is 48.5 Å². The van der Waals surface area contributed by atoms with Crippen LogP contribution >= 0.6 is 0 Å². The molecule has 0 radical (unpaired) electrons. The van der Waals surface area contributed by atoms with Gasteiger partial charge in [0, 0.05) is 0 Å². The van der Waals surface area contributed by atoms with Crippen LogP contribution in [0.1, 0.15) is 11.1 Å². The van der Waals surface area contributed by atoms with Crippen LogP contribution in [0.5, 0.6) is 0 Å². The zero-order chi connectivity index (χ0) is 16.4. The molecule has 2 aromatic carbocycles. The first-order valence-corrected chi connectivity index (χ1v) is 7.49. The molecule has 2 nitrogen and oxygen atoms in total. The van der Waals surface area contributed by atoms with Crippen LogP contribution in [0.2, 0.25) is 0 Å². The van der Waals surface area contributed by atoms with E-state index in [1.165, 1.54) is 0 Å². The molecule has 2 heteroatoms. The minimum Gasteiger partial charge on any atom is -0.198 e. The normalized spacial score (nSPS) is 16.1. The molecule has 0 bridgehead atoms. The minimum atomic E-state index is -0.764. The van der Waals surface area contributed by atoms with Crippen LogP contribution in [0.4, 0.5) is 0 Å². The maximum Gasteiger partial charge on any atom is 0.0794 e. The molecule has 0 N–H and O–H groups in total. The maximum atomic E-state index is 9.78. The number of benzene rings is 2. The van der Waals surface area contributed by atoms with Crippen LogP contribution in [0, 0.1) is 34.5 Å². The van der Waals surface area contributed by atoms with E-state index in [9.17, 15) is 10.5 Å². The van der Waals surface area contributed by atoms with Gasteiger partial charge in [0.15, 0.2) is 0 Å². The number of hydrogen-bond donors (Lipinski definition) is 0. The van der Waals surface area contributed by atoms with Gasteiger partial charge >= 0.3 is 0 Å². The second kappa shape index (κ2) is 5.59. The van der Waals surface area contributed by atoms with Gasteiger partial charge in [0.2, 0.25) is 0 Å². The Kier molecular flexibility index (Phi) is 3.61. The summed E-state index contributed by atoms with van der Waals surface area (Å²) in [4.78, 5) is 0. The number of hydrogen-bond acceptors (Lipinski definition) is 2. The van der Waals surface area contributed by atoms with Crippen molar-refractivity contribution in [2.45, 2.75) is 5.41 Å². The lowest BCUT2D eigenvalue weighted by Gasteiger charge is -2.37. The molecule has 2 aromatic rings. The smallest absolute Gasteiger partial charge is 0.0794 e. The molecule has 1 aliphatic rings. The van der Waals surface area contributed by atoms with Crippen molar-refractivity contribution in [2.24, 2.45) is 11.8 Å². The molecule has 0 amide bonds. The largest absolute Gasteiger partial charge is 0.198 e. The van der Waals surface area contributed by atoms with E-state index in [0.29, 0.717) is 0 Å². The Morgan fingerprint density at radius 2 is 1.17 bits per heavy atom. The van der Waals surface area contributed by atoms with E-state index in [0.717, 1.165) is 22.3 Å². The van der Waals surface area contributed by atoms with Crippen molar-refractivity contribution in [2.75, 3.05) is 0 Å². The van der Waals surface area contributed by atoms with Gasteiger partial charge in [0.05, 0.1) is 29.4 Å². The summed E-state index contributed by atoms with van der Waals surface area (Å²) in [6.07, 6.45) is 3.29. The fourth-order valence-corrected chi connectivity index (χ4v) is 3.85. The molecule has 0 fully saturated rings. The van der Waals surface area contributed by atoms with E-state index in [-0.39, 0.29) is 0 Å². The summed E-state index contributed by atoms with van der Waals surface area (Å²) in [6.45, 7) is 7.70. The average Bonchev–Trinajstić information content (AvgIpc) is 2.90. The molecular formula is C21H16N2. The fourth-order valence-electron chi connectivity index (χ4n) is 3.85. The maximum absolute atomic E-state index is 9.78. The van der Waals surface area contributed by atoms with Crippen LogP contribution < -0.4 is 0 Å². The van der Waals surface area contributed by atoms with Crippen LogP contribution in [-0.4, -0.2) is 0 Å². The Labute approximate surface area is 136 Å². The van der Waals surface area contributed by atoms with Crippen LogP contribution in [0.3, 0.4) is 0 Å². The van der Waals surface area contributed by atoms with Gasteiger partial charge in [0.1, 0.15) is 0 Å². The molecule has 0 saturated carbocycles. The predicted octanol–water partition coefficient (Wildman–Crippen LogP) is 4.60. The summed E-state index contributed by atoms with van der Waals surface area (Å²) < 4.78 is 0. The lowest BCUT2D eigenvalue weighted by atomic mass is 9.61. The topological polar surface area (TPSA) is 47.6 Å². The first kappa shape index (κ1) is 14.8. The summed E-state index contributed by atoms with van der Waals surface area (Å²) in [5.74, 6) is -1.04. The second-order valence-corrected chi connectivity index (χ2v) is 5.65. The molecule has 2 unspecified atom stereocenters. The summed E-state index contributed by atoms with van der Waals surface area (Å²) in [7, 11) is 0. The minimum absolute atomic E-state index is 0.519. The third kappa shape index (κ3) is 1.79. The van der Waals surface area contributed by atoms with Crippen LogP contribution in [-0.2, 0) is 5.41 Å². The van der Waals surface area contributed by atoms with Gasteiger partial charge in [-0.05, 0) is 22.3 Å². The van der Waals surface area contributed by atoms with Crippen LogP contribution in [0.25, 0.3) is 11.1 Å². The quantitative estimate of drug-likeness (QED) is 0.774. The van der Waals surface area contributed by atoms with E-state index in [1.54, 1.807) is 12.2 Å². The van der Waals surface area contributed by atoms with E-state index < -0.39 is 17.3 Å². The molecule has 0 aliphatic heterocycles. The molecule has 0 saturated heterocycles. The molecule has 2 atom stereocenters. The Hall–Kier alpha value is -3.10. The third-order valence-corrected chi connectivity index (χ3v) is 4.77. The molecule has 1 aliphatic carbocycles. The summed E-state index contributed by atoms with van der Waals surface area (Å²) in [6, 6.07) is 20.7. The SMILES string of the molecule is C=CC(C#N)C1(C(C#N)C=C)c2ccccc2-c2ccccc21. The monoisotopic (exact) mass is 296 g/mol. The lowest BCUT2D eigenvalue weighted by Crippen LogP contribution is -2.39. The summed E-state index contributed by atoms with van der Waals surface area (Å²) in [5.41, 5.74) is 3.39. The van der Waals surface area contributed by atoms with Gasteiger partial charge in [0.25, 0.3) is 0 Å². The Bertz CT molecular complexity index is 790. The molecule has 23 heavy (non-hydrogen) atoms. The molecule has 0 spiro atoms. The Morgan fingerprint density at radius 3 is 1.52 bits per heavy atom. The van der Waals surface area contributed by atoms with E-state index in [4.69, 9.17) is 0 Å². The van der Waals surface area contributed by atoms with E-state index >= 15 is 0 Å². The van der Waals surface area contributed by atoms with Crippen molar-refractivity contribution >= 4 is 0 Å². The van der Waals surface area contributed by atoms with Crippen molar-refractivity contribution in [3.05, 3.63) is 85.0 Å². The second-order valence-electron chi connectivity index (χ2n) is 5.65. The van der Waals surface area contributed by atoms with Gasteiger partial charge < -0.3 is 0 Å². The van der Waals surface area contributed by atoms with Crippen molar-refractivity contribution in [3.8, 4) is 23.3 Å². The zero-order valence-electron chi connectivity index (χ0n) is 12.7. The van der Waals surface area contributed by atoms with Gasteiger partial charge in [-0.15, -0.1) is 13.2 Å². The Morgan fingerprint density at radius 1 is 0.783 bits per heavy atom. The molecule has 110 valence electrons. The van der Waals surface area contributed by atoms with Crippen molar-refractivity contribution in [1.29, 1.82) is 10.5 Å². The average molecular weight is 296 g/mol. The highest BCUT2D eigenvalue weighted by Crippen LogP contribution is 2.56. The number of rotatable bonds is 4. The van der Waals surface area contributed by atoms with Crippen LogP contribution in [0.15, 0.2) is 73.8 Å². The number of nitriles is 2. The Balaban J connectivity index is 2.49. The lowest BCUT2D eigenvalue weighted by molar-refractivity contribution is 0.398. The van der Waals surface area contributed by atoms with Gasteiger partial charge in [-0.3, -0.25) is 0 Å². The van der Waals surface area contributed by atoms with Crippen molar-refractivity contribution < 1.29 is 0 Å². The predicted molar refractivity (Wildman–Crippen MR) is 91.3 cm³/mol. The first-order chi connectivity index (χ1) is 11.2. The highest BCUT2D eigenvalue weighted by atomic mass is 14.5. The standard InChI is InChI=1S/C21H16N2/c1-3-15(13-22)21(16(4-2)14-23)19-11-7-5-9-17(19)18-10-6-8-12-20(18)21/h3-12,15-16H,1-2H2. The highest BCUT2D eigenvalue weighted by molar-refractivity contribution is 5.82. The van der Waals surface area contributed by atoms with Crippen molar-refractivity contribution in [3.63, 3.8) is 0 Å². The zero-order valence-corrected chi connectivity index (χ0v) is 12.7. The fraction of sp³-hybridized carbons (Fsp3) is 0.143. The summed E-state index contributed by atoms with van der Waals surface area (Å²) >= 11 is 0. The third-order valence-electron chi connectivity index (χ3n) is 4.77. The molecular weight excluding hydrogens is 280 g/mol. The van der Waals surface area contributed by atoms with Gasteiger partial charge in [-0.1, -0.05) is 60.7 Å². The number of allylic oxidation sites excluding steroid dienone is 2. The highest BCUT2D eigenvalue weighted by Gasteiger charge is 2.52. The van der Waals surface area contributed by atoms with E-state index in [2.05, 4.69) is 25.3 Å². The molecule has 0 aromatic heterocycles. The summed E-state index contributed by atoms with van der Waals surface area (Å²) in [5, 5.41) is 19.6. The van der Waals surface area contributed by atoms with Gasteiger partial charge in [-0.25, -0.2) is 0 Å². The number of nitrogens with zero attached hydrogens (tertiary/aromatic N) is 2.